The zero-order valence-electron chi connectivity index (χ0n) is 10.0. The topological polar surface area (TPSA) is 0 Å². The molecule has 0 unspecified atom stereocenters. The van der Waals surface area contributed by atoms with Crippen molar-refractivity contribution in [2.45, 2.75) is 19.8 Å². The summed E-state index contributed by atoms with van der Waals surface area (Å²) in [6, 6.07) is 8.32. The molecule has 0 saturated heterocycles. The van der Waals surface area contributed by atoms with Gasteiger partial charge in [-0.05, 0) is 30.2 Å². The summed E-state index contributed by atoms with van der Waals surface area (Å²) >= 11 is 0. The standard InChI is InChI=1S/C15H13F3/c1-2-5-12-14(17)8-10(9-15(12)18)11-6-3-4-7-13(11)16/h3-4,6-9H,2,5H2,1H3. The summed E-state index contributed by atoms with van der Waals surface area (Å²) in [5.41, 5.74) is 0.499. The van der Waals surface area contributed by atoms with E-state index in [0.717, 1.165) is 0 Å². The third-order valence-electron chi connectivity index (χ3n) is 2.83. The van der Waals surface area contributed by atoms with Crippen LogP contribution in [0.3, 0.4) is 0 Å². The molecular formula is C15H13F3. The molecule has 0 amide bonds. The van der Waals surface area contributed by atoms with Gasteiger partial charge in [0.15, 0.2) is 0 Å². The van der Waals surface area contributed by atoms with Gasteiger partial charge in [0.25, 0.3) is 0 Å². The lowest BCUT2D eigenvalue weighted by Crippen LogP contribution is -1.97. The molecule has 0 nitrogen and oxygen atoms in total. The average molecular weight is 250 g/mol. The minimum absolute atomic E-state index is 0.0672. The molecule has 0 heterocycles. The Kier molecular flexibility index (Phi) is 3.70. The van der Waals surface area contributed by atoms with Crippen LogP contribution in [0.1, 0.15) is 18.9 Å². The van der Waals surface area contributed by atoms with E-state index in [1.54, 1.807) is 6.07 Å². The predicted octanol–water partition coefficient (Wildman–Crippen LogP) is 4.72. The van der Waals surface area contributed by atoms with Crippen molar-refractivity contribution in [3.63, 3.8) is 0 Å². The lowest BCUT2D eigenvalue weighted by Gasteiger charge is -2.08. The fourth-order valence-corrected chi connectivity index (χ4v) is 1.94. The molecule has 0 spiro atoms. The molecule has 0 aromatic heterocycles. The second-order valence-corrected chi connectivity index (χ2v) is 4.15. The van der Waals surface area contributed by atoms with Crippen LogP contribution in [-0.4, -0.2) is 0 Å². The van der Waals surface area contributed by atoms with Crippen molar-refractivity contribution in [3.8, 4) is 11.1 Å². The van der Waals surface area contributed by atoms with Gasteiger partial charge in [-0.25, -0.2) is 13.2 Å². The van der Waals surface area contributed by atoms with Crippen LogP contribution in [-0.2, 0) is 6.42 Å². The third kappa shape index (κ3) is 2.40. The van der Waals surface area contributed by atoms with Gasteiger partial charge in [-0.3, -0.25) is 0 Å². The minimum Gasteiger partial charge on any atom is -0.207 e. The third-order valence-corrected chi connectivity index (χ3v) is 2.83. The van der Waals surface area contributed by atoms with Crippen molar-refractivity contribution < 1.29 is 13.2 Å². The van der Waals surface area contributed by atoms with Gasteiger partial charge in [0.2, 0.25) is 0 Å². The minimum atomic E-state index is -0.616. The average Bonchev–Trinajstić information content (AvgIpc) is 2.34. The quantitative estimate of drug-likeness (QED) is 0.739. The number of halogens is 3. The molecule has 0 aliphatic carbocycles. The maximum absolute atomic E-state index is 13.8. The van der Waals surface area contributed by atoms with E-state index < -0.39 is 17.5 Å². The molecule has 0 aliphatic heterocycles. The number of hydrogen-bond acceptors (Lipinski definition) is 0. The first-order valence-electron chi connectivity index (χ1n) is 5.86. The molecule has 94 valence electrons. The lowest BCUT2D eigenvalue weighted by atomic mass is 10.0. The first-order chi connectivity index (χ1) is 8.63. The van der Waals surface area contributed by atoms with E-state index in [-0.39, 0.29) is 16.7 Å². The fraction of sp³-hybridized carbons (Fsp3) is 0.200. The lowest BCUT2D eigenvalue weighted by molar-refractivity contribution is 0.553. The van der Waals surface area contributed by atoms with Gasteiger partial charge < -0.3 is 0 Å². The Hall–Kier alpha value is -1.77. The number of benzene rings is 2. The normalized spacial score (nSPS) is 10.7. The van der Waals surface area contributed by atoms with Gasteiger partial charge in [0, 0.05) is 11.1 Å². The van der Waals surface area contributed by atoms with Crippen LogP contribution < -0.4 is 0 Å². The van der Waals surface area contributed by atoms with Crippen molar-refractivity contribution >= 4 is 0 Å². The molecular weight excluding hydrogens is 237 g/mol. The van der Waals surface area contributed by atoms with E-state index in [4.69, 9.17) is 0 Å². The highest BCUT2D eigenvalue weighted by Crippen LogP contribution is 2.27. The van der Waals surface area contributed by atoms with Crippen molar-refractivity contribution in [1.29, 1.82) is 0 Å². The SMILES string of the molecule is CCCc1c(F)cc(-c2ccccc2F)cc1F. The Labute approximate surface area is 104 Å². The highest BCUT2D eigenvalue weighted by molar-refractivity contribution is 5.64. The Morgan fingerprint density at radius 1 is 0.889 bits per heavy atom. The summed E-state index contributed by atoms with van der Waals surface area (Å²) in [4.78, 5) is 0. The van der Waals surface area contributed by atoms with E-state index in [1.165, 1.54) is 30.3 Å². The molecule has 0 fully saturated rings. The monoisotopic (exact) mass is 250 g/mol. The van der Waals surface area contributed by atoms with Gasteiger partial charge in [-0.15, -0.1) is 0 Å². The highest BCUT2D eigenvalue weighted by Gasteiger charge is 2.13. The zero-order valence-corrected chi connectivity index (χ0v) is 10.0. The molecule has 0 N–H and O–H groups in total. The second-order valence-electron chi connectivity index (χ2n) is 4.15. The van der Waals surface area contributed by atoms with Gasteiger partial charge >= 0.3 is 0 Å². The zero-order chi connectivity index (χ0) is 13.1. The molecule has 0 atom stereocenters. The van der Waals surface area contributed by atoms with Crippen molar-refractivity contribution in [2.24, 2.45) is 0 Å². The van der Waals surface area contributed by atoms with Crippen LogP contribution in [0.4, 0.5) is 13.2 Å². The van der Waals surface area contributed by atoms with E-state index in [2.05, 4.69) is 0 Å². The molecule has 18 heavy (non-hydrogen) atoms. The van der Waals surface area contributed by atoms with Crippen LogP contribution in [0.25, 0.3) is 11.1 Å². The Balaban J connectivity index is 2.52. The summed E-state index contributed by atoms with van der Waals surface area (Å²) in [6.45, 7) is 1.85. The smallest absolute Gasteiger partial charge is 0.131 e. The molecule has 0 saturated carbocycles. The van der Waals surface area contributed by atoms with E-state index in [1.807, 2.05) is 6.92 Å². The molecule has 2 rings (SSSR count). The highest BCUT2D eigenvalue weighted by atomic mass is 19.1. The molecule has 0 bridgehead atoms. The number of rotatable bonds is 3. The largest absolute Gasteiger partial charge is 0.207 e. The van der Waals surface area contributed by atoms with E-state index in [0.29, 0.717) is 12.8 Å². The molecule has 3 heteroatoms. The Morgan fingerprint density at radius 2 is 1.50 bits per heavy atom. The van der Waals surface area contributed by atoms with Crippen molar-refractivity contribution in [3.05, 3.63) is 59.4 Å². The molecule has 2 aromatic rings. The van der Waals surface area contributed by atoms with Crippen molar-refractivity contribution in [2.75, 3.05) is 0 Å². The summed E-state index contributed by atoms with van der Waals surface area (Å²) in [5, 5.41) is 0. The Bertz CT molecular complexity index is 538. The van der Waals surface area contributed by atoms with Gasteiger partial charge in [-0.2, -0.15) is 0 Å². The maximum Gasteiger partial charge on any atom is 0.131 e. The van der Waals surface area contributed by atoms with E-state index >= 15 is 0 Å². The van der Waals surface area contributed by atoms with E-state index in [9.17, 15) is 13.2 Å². The van der Waals surface area contributed by atoms with Gasteiger partial charge in [0.05, 0.1) is 0 Å². The maximum atomic E-state index is 13.8. The summed E-state index contributed by atoms with van der Waals surface area (Å²) in [5.74, 6) is -1.72. The van der Waals surface area contributed by atoms with Crippen LogP contribution in [0.2, 0.25) is 0 Å². The fourth-order valence-electron chi connectivity index (χ4n) is 1.94. The van der Waals surface area contributed by atoms with Gasteiger partial charge in [0.1, 0.15) is 17.5 Å². The first kappa shape index (κ1) is 12.7. The predicted molar refractivity (Wildman–Crippen MR) is 65.7 cm³/mol. The second kappa shape index (κ2) is 5.25. The summed E-state index contributed by atoms with van der Waals surface area (Å²) in [6.07, 6.45) is 1.00. The Morgan fingerprint density at radius 3 is 2.06 bits per heavy atom. The number of hydrogen-bond donors (Lipinski definition) is 0. The molecule has 0 radical (unpaired) electrons. The van der Waals surface area contributed by atoms with Crippen molar-refractivity contribution in [1.82, 2.24) is 0 Å². The van der Waals surface area contributed by atoms with Crippen LogP contribution in [0, 0.1) is 17.5 Å². The van der Waals surface area contributed by atoms with Gasteiger partial charge in [-0.1, -0.05) is 31.5 Å². The summed E-state index contributed by atoms with van der Waals surface area (Å²) in [7, 11) is 0. The van der Waals surface area contributed by atoms with Crippen LogP contribution in [0.5, 0.6) is 0 Å². The van der Waals surface area contributed by atoms with Crippen LogP contribution >= 0.6 is 0 Å². The molecule has 2 aromatic carbocycles. The first-order valence-corrected chi connectivity index (χ1v) is 5.86. The summed E-state index contributed by atoms with van der Waals surface area (Å²) < 4.78 is 41.0. The van der Waals surface area contributed by atoms with Crippen LogP contribution in [0.15, 0.2) is 36.4 Å². The molecule has 0 aliphatic rings.